The lowest BCUT2D eigenvalue weighted by Crippen LogP contribution is -2.56. The highest BCUT2D eigenvalue weighted by atomic mass is 127. The van der Waals surface area contributed by atoms with Crippen molar-refractivity contribution in [1.29, 1.82) is 0 Å². The fraction of sp³-hybridized carbons (Fsp3) is 0.867. The monoisotopic (exact) mass is 438 g/mol. The van der Waals surface area contributed by atoms with Crippen molar-refractivity contribution in [3.8, 4) is 0 Å². The van der Waals surface area contributed by atoms with Gasteiger partial charge < -0.3 is 15.1 Å². The summed E-state index contributed by atoms with van der Waals surface area (Å²) in [6.45, 7) is 3.23. The third kappa shape index (κ3) is 4.66. The van der Waals surface area contributed by atoms with Gasteiger partial charge in [0.2, 0.25) is 5.91 Å². The molecule has 0 spiro atoms. The van der Waals surface area contributed by atoms with Gasteiger partial charge >= 0.3 is 0 Å². The molecule has 0 radical (unpaired) electrons. The minimum atomic E-state index is 0. The molecule has 126 valence electrons. The zero-order valence-corrected chi connectivity index (χ0v) is 16.4. The molecule has 2 aliphatic heterocycles. The molecule has 1 amide bonds. The lowest BCUT2D eigenvalue weighted by molar-refractivity contribution is -0.135. The molecule has 7 heteroatoms. The number of hydrogen-bond donors (Lipinski definition) is 1. The molecule has 1 saturated carbocycles. The maximum absolute atomic E-state index is 12.2. The number of nitrogens with zero attached hydrogens (tertiary/aromatic N) is 3. The van der Waals surface area contributed by atoms with Crippen LogP contribution in [0.1, 0.15) is 25.7 Å². The van der Waals surface area contributed by atoms with Crippen LogP contribution in [0.3, 0.4) is 0 Å². The van der Waals surface area contributed by atoms with Gasteiger partial charge in [-0.05, 0) is 43.1 Å². The van der Waals surface area contributed by atoms with E-state index in [-0.39, 0.29) is 29.9 Å². The molecule has 3 fully saturated rings. The average Bonchev–Trinajstić information content (AvgIpc) is 3.34. The summed E-state index contributed by atoms with van der Waals surface area (Å²) in [4.78, 5) is 20.8. The van der Waals surface area contributed by atoms with Gasteiger partial charge in [-0.2, -0.15) is 11.8 Å². The van der Waals surface area contributed by atoms with E-state index in [1.807, 2.05) is 7.05 Å². The molecule has 2 heterocycles. The molecule has 0 aromatic rings. The minimum Gasteiger partial charge on any atom is -0.356 e. The number of aliphatic imine (C=N–C) groups is 1. The molecule has 22 heavy (non-hydrogen) atoms. The summed E-state index contributed by atoms with van der Waals surface area (Å²) in [6.07, 6.45) is 4.98. The standard InChI is InChI=1S/C15H26N4OS.HI/c1-16-15(17-10-12-4-8-21-9-5-12)18-6-7-19(13-2-3-13)14(20)11-18;/h12-13H,2-11H2,1H3,(H,16,17);1H. The Morgan fingerprint density at radius 1 is 1.27 bits per heavy atom. The summed E-state index contributed by atoms with van der Waals surface area (Å²) in [6, 6.07) is 0.536. The molecule has 0 atom stereocenters. The van der Waals surface area contributed by atoms with Crippen LogP contribution >= 0.6 is 35.7 Å². The molecule has 0 bridgehead atoms. The Bertz CT molecular complexity index is 410. The molecule has 3 rings (SSSR count). The number of carbonyl (C=O) groups excluding carboxylic acids is 1. The number of piperazine rings is 1. The lowest BCUT2D eigenvalue weighted by Gasteiger charge is -2.36. The Morgan fingerprint density at radius 2 is 2.00 bits per heavy atom. The maximum Gasteiger partial charge on any atom is 0.242 e. The van der Waals surface area contributed by atoms with Gasteiger partial charge in [-0.1, -0.05) is 0 Å². The third-order valence-electron chi connectivity index (χ3n) is 4.65. The van der Waals surface area contributed by atoms with Gasteiger partial charge in [0.25, 0.3) is 0 Å². The van der Waals surface area contributed by atoms with E-state index in [1.165, 1.54) is 37.2 Å². The van der Waals surface area contributed by atoms with Crippen LogP contribution in [0.25, 0.3) is 0 Å². The minimum absolute atomic E-state index is 0. The van der Waals surface area contributed by atoms with Crippen LogP contribution in [0, 0.1) is 5.92 Å². The van der Waals surface area contributed by atoms with E-state index in [0.29, 0.717) is 12.6 Å². The number of hydrogen-bond acceptors (Lipinski definition) is 3. The van der Waals surface area contributed by atoms with Crippen molar-refractivity contribution in [3.05, 3.63) is 0 Å². The van der Waals surface area contributed by atoms with Crippen molar-refractivity contribution in [1.82, 2.24) is 15.1 Å². The fourth-order valence-corrected chi connectivity index (χ4v) is 4.36. The van der Waals surface area contributed by atoms with Crippen molar-refractivity contribution >= 4 is 47.6 Å². The summed E-state index contributed by atoms with van der Waals surface area (Å²) < 4.78 is 0. The van der Waals surface area contributed by atoms with Crippen molar-refractivity contribution in [2.75, 3.05) is 44.7 Å². The Labute approximate surface area is 154 Å². The highest BCUT2D eigenvalue weighted by Crippen LogP contribution is 2.28. The van der Waals surface area contributed by atoms with Crippen molar-refractivity contribution in [2.45, 2.75) is 31.7 Å². The Hall–Kier alpha value is -0.180. The second-order valence-electron chi connectivity index (χ2n) is 6.22. The summed E-state index contributed by atoms with van der Waals surface area (Å²) in [5.41, 5.74) is 0. The van der Waals surface area contributed by atoms with Crippen molar-refractivity contribution < 1.29 is 4.79 Å². The van der Waals surface area contributed by atoms with Crippen LogP contribution in [0.5, 0.6) is 0 Å². The van der Waals surface area contributed by atoms with E-state index in [1.54, 1.807) is 0 Å². The second-order valence-corrected chi connectivity index (χ2v) is 7.45. The highest BCUT2D eigenvalue weighted by molar-refractivity contribution is 14.0. The van der Waals surface area contributed by atoms with E-state index >= 15 is 0 Å². The predicted molar refractivity (Wildman–Crippen MR) is 103 cm³/mol. The first kappa shape index (κ1) is 18.2. The molecule has 1 N–H and O–H groups in total. The van der Waals surface area contributed by atoms with E-state index in [9.17, 15) is 4.79 Å². The van der Waals surface area contributed by atoms with Gasteiger partial charge in [0.1, 0.15) is 0 Å². The molecule has 0 aromatic heterocycles. The number of nitrogens with one attached hydrogen (secondary N) is 1. The van der Waals surface area contributed by atoms with Crippen molar-refractivity contribution in [2.24, 2.45) is 10.9 Å². The second kappa shape index (κ2) is 8.61. The molecule has 1 aliphatic carbocycles. The summed E-state index contributed by atoms with van der Waals surface area (Å²) >= 11 is 2.06. The number of rotatable bonds is 3. The highest BCUT2D eigenvalue weighted by Gasteiger charge is 2.36. The molecular weight excluding hydrogens is 411 g/mol. The molecule has 0 unspecified atom stereocenters. The van der Waals surface area contributed by atoms with E-state index in [2.05, 4.69) is 31.9 Å². The van der Waals surface area contributed by atoms with Crippen LogP contribution in [0.4, 0.5) is 0 Å². The van der Waals surface area contributed by atoms with Gasteiger partial charge in [0, 0.05) is 32.7 Å². The van der Waals surface area contributed by atoms with Gasteiger partial charge in [-0.25, -0.2) is 0 Å². The SMILES string of the molecule is CN=C(NCC1CCSCC1)N1CCN(C2CC2)C(=O)C1.I. The van der Waals surface area contributed by atoms with Gasteiger partial charge in [0.05, 0.1) is 6.54 Å². The van der Waals surface area contributed by atoms with Crippen molar-refractivity contribution in [3.63, 3.8) is 0 Å². The van der Waals surface area contributed by atoms with Gasteiger partial charge in [-0.3, -0.25) is 9.79 Å². The molecule has 0 aromatic carbocycles. The van der Waals surface area contributed by atoms with Crippen LogP contribution in [-0.4, -0.2) is 72.4 Å². The first-order chi connectivity index (χ1) is 10.3. The Balaban J connectivity index is 0.00000176. The Kier molecular flexibility index (Phi) is 7.11. The number of thioether (sulfide) groups is 1. The summed E-state index contributed by atoms with van der Waals surface area (Å²) in [5.74, 6) is 4.48. The molecule has 5 nitrogen and oxygen atoms in total. The molecular formula is C15H27IN4OS. The quantitative estimate of drug-likeness (QED) is 0.414. The van der Waals surface area contributed by atoms with Crippen LogP contribution in [0.2, 0.25) is 0 Å². The third-order valence-corrected chi connectivity index (χ3v) is 5.69. The fourth-order valence-electron chi connectivity index (χ4n) is 3.16. The van der Waals surface area contributed by atoms with E-state index in [0.717, 1.165) is 31.5 Å². The molecule has 2 saturated heterocycles. The van der Waals surface area contributed by atoms with E-state index < -0.39 is 0 Å². The number of amides is 1. The summed E-state index contributed by atoms with van der Waals surface area (Å²) in [5, 5.41) is 3.49. The summed E-state index contributed by atoms with van der Waals surface area (Å²) in [7, 11) is 1.82. The lowest BCUT2D eigenvalue weighted by atomic mass is 10.0. The first-order valence-corrected chi connectivity index (χ1v) is 9.26. The number of carbonyl (C=O) groups is 1. The topological polar surface area (TPSA) is 47.9 Å². The predicted octanol–water partition coefficient (Wildman–Crippen LogP) is 1.63. The number of guanidine groups is 1. The van der Waals surface area contributed by atoms with Crippen LogP contribution < -0.4 is 5.32 Å². The van der Waals surface area contributed by atoms with Crippen LogP contribution in [0.15, 0.2) is 4.99 Å². The average molecular weight is 438 g/mol. The Morgan fingerprint density at radius 3 is 2.59 bits per heavy atom. The molecule has 3 aliphatic rings. The van der Waals surface area contributed by atoms with E-state index in [4.69, 9.17) is 0 Å². The maximum atomic E-state index is 12.2. The smallest absolute Gasteiger partial charge is 0.242 e. The van der Waals surface area contributed by atoms with Gasteiger partial charge in [0.15, 0.2) is 5.96 Å². The largest absolute Gasteiger partial charge is 0.356 e. The number of halogens is 1. The zero-order chi connectivity index (χ0) is 14.7. The zero-order valence-electron chi connectivity index (χ0n) is 13.3. The first-order valence-electron chi connectivity index (χ1n) is 8.10. The normalized spacial score (nSPS) is 24.2. The van der Waals surface area contributed by atoms with Crippen LogP contribution in [-0.2, 0) is 4.79 Å². The van der Waals surface area contributed by atoms with Gasteiger partial charge in [-0.15, -0.1) is 24.0 Å².